The Morgan fingerprint density at radius 2 is 0.741 bits per heavy atom. The topological polar surface area (TPSA) is 9.72 Å². The maximum Gasteiger partial charge on any atom is 0.252 e. The highest BCUT2D eigenvalue weighted by atomic mass is 15.3. The molecule has 0 bridgehead atoms. The normalized spacial score (nSPS) is 18.7. The lowest BCUT2D eigenvalue weighted by molar-refractivity contribution is 0.195. The Balaban J connectivity index is 1.09. The van der Waals surface area contributed by atoms with E-state index >= 15 is 0 Å². The molecule has 8 aromatic rings. The number of benzene rings is 8. The van der Waals surface area contributed by atoms with E-state index in [1.807, 2.05) is 0 Å². The summed E-state index contributed by atoms with van der Waals surface area (Å²) in [5.41, 5.74) is 27.5. The molecule has 0 N–H and O–H groups in total. The zero-order valence-corrected chi connectivity index (χ0v) is 55.4. The molecule has 85 heavy (non-hydrogen) atoms. The van der Waals surface area contributed by atoms with Gasteiger partial charge in [-0.05, 0) is 185 Å². The van der Waals surface area contributed by atoms with Crippen molar-refractivity contribution in [3.05, 3.63) is 219 Å². The van der Waals surface area contributed by atoms with Crippen molar-refractivity contribution in [1.82, 2.24) is 0 Å². The van der Waals surface area contributed by atoms with Gasteiger partial charge in [-0.2, -0.15) is 0 Å². The monoisotopic (exact) mass is 1120 g/mol. The van der Waals surface area contributed by atoms with Gasteiger partial charge in [-0.25, -0.2) is 0 Å². The van der Waals surface area contributed by atoms with Crippen molar-refractivity contribution in [1.29, 1.82) is 0 Å². The summed E-state index contributed by atoms with van der Waals surface area (Å²) in [6, 6.07) is 66.0. The Morgan fingerprint density at radius 1 is 0.341 bits per heavy atom. The molecule has 4 heteroatoms. The van der Waals surface area contributed by atoms with Crippen LogP contribution in [-0.4, -0.2) is 12.3 Å². The molecule has 0 amide bonds. The van der Waals surface area contributed by atoms with E-state index in [9.17, 15) is 0 Å². The summed E-state index contributed by atoms with van der Waals surface area (Å²) in [5.74, 6) is 0.0849. The van der Waals surface area contributed by atoms with Crippen LogP contribution in [0.25, 0.3) is 0 Å². The first-order valence-corrected chi connectivity index (χ1v) is 32.1. The molecule has 3 heterocycles. The lowest BCUT2D eigenvalue weighted by Crippen LogP contribution is -2.61. The fourth-order valence-electron chi connectivity index (χ4n) is 15.1. The number of hydrogen-bond acceptors (Lipinski definition) is 3. The molecule has 4 aliphatic rings. The van der Waals surface area contributed by atoms with Gasteiger partial charge in [-0.1, -0.05) is 248 Å². The first kappa shape index (κ1) is 58.6. The molecular formula is C81H96BN3. The fourth-order valence-corrected chi connectivity index (χ4v) is 15.1. The molecule has 0 spiro atoms. The van der Waals surface area contributed by atoms with Crippen LogP contribution in [0, 0.1) is 0 Å². The number of anilines is 8. The number of nitrogens with zero attached hydrogens (tertiary/aromatic N) is 3. The average Bonchev–Trinajstić information content (AvgIpc) is 1.88. The SMILES string of the molecule is CC(C)(C)c1ccc(C(c2ccc(C(C)(C)C)cc2)c2ccc3c(c2)C2(C)CCCCC2(C)N3c2ccc3c(c2)N(c2ccc(C(C)(C)C)cc2)c2cc(C(C)(C)C)cc4c2B3c2cc(C(C)(C)C)ccc2N4c2ccc(C(C)(C)C)cc2)cc1. The number of rotatable bonds is 6. The highest BCUT2D eigenvalue weighted by Crippen LogP contribution is 2.62. The van der Waals surface area contributed by atoms with Crippen molar-refractivity contribution in [2.75, 3.05) is 14.7 Å². The fraction of sp³-hybridized carbons (Fsp3) is 0.407. The van der Waals surface area contributed by atoms with Crippen LogP contribution in [0.4, 0.5) is 45.5 Å². The van der Waals surface area contributed by atoms with Crippen molar-refractivity contribution >= 4 is 68.6 Å². The summed E-state index contributed by atoms with van der Waals surface area (Å²) in [6.45, 7) is 47.3. The van der Waals surface area contributed by atoms with Crippen LogP contribution in [0.2, 0.25) is 0 Å². The van der Waals surface area contributed by atoms with E-state index in [0.29, 0.717) is 0 Å². The second kappa shape index (κ2) is 19.9. The molecule has 0 aromatic heterocycles. The Labute approximate surface area is 513 Å². The minimum Gasteiger partial charge on any atom is -0.334 e. The van der Waals surface area contributed by atoms with Gasteiger partial charge in [0, 0.05) is 56.8 Å². The summed E-state index contributed by atoms with van der Waals surface area (Å²) < 4.78 is 0. The van der Waals surface area contributed by atoms with Gasteiger partial charge in [0.25, 0.3) is 6.71 Å². The summed E-state index contributed by atoms with van der Waals surface area (Å²) in [6.07, 6.45) is 4.70. The molecule has 1 saturated carbocycles. The number of fused-ring (bicyclic) bond motifs is 7. The van der Waals surface area contributed by atoms with Crippen LogP contribution in [0.15, 0.2) is 164 Å². The van der Waals surface area contributed by atoms with Gasteiger partial charge in [0.1, 0.15) is 0 Å². The Hall–Kier alpha value is -6.78. The van der Waals surface area contributed by atoms with Crippen LogP contribution in [0.1, 0.15) is 226 Å². The quantitative estimate of drug-likeness (QED) is 0.121. The average molecular weight is 1120 g/mol. The zero-order chi connectivity index (χ0) is 60.9. The predicted octanol–water partition coefficient (Wildman–Crippen LogP) is 20.5. The van der Waals surface area contributed by atoms with E-state index in [0.717, 1.165) is 12.8 Å². The molecule has 0 saturated heterocycles. The van der Waals surface area contributed by atoms with Crippen molar-refractivity contribution < 1.29 is 0 Å². The van der Waals surface area contributed by atoms with Gasteiger partial charge in [-0.15, -0.1) is 0 Å². The maximum atomic E-state index is 2.82. The van der Waals surface area contributed by atoms with Crippen molar-refractivity contribution in [3.63, 3.8) is 0 Å². The maximum absolute atomic E-state index is 2.82. The highest BCUT2D eigenvalue weighted by Gasteiger charge is 2.58. The third-order valence-corrected chi connectivity index (χ3v) is 20.7. The third-order valence-electron chi connectivity index (χ3n) is 20.7. The molecule has 12 rings (SSSR count). The summed E-state index contributed by atoms with van der Waals surface area (Å²) in [7, 11) is 0. The lowest BCUT2D eigenvalue weighted by Gasteiger charge is -2.50. The van der Waals surface area contributed by atoms with E-state index in [4.69, 9.17) is 0 Å². The molecule has 8 aromatic carbocycles. The zero-order valence-electron chi connectivity index (χ0n) is 55.4. The predicted molar refractivity (Wildman–Crippen MR) is 369 cm³/mol. The van der Waals surface area contributed by atoms with Crippen LogP contribution >= 0.6 is 0 Å². The Bertz CT molecular complexity index is 3800. The molecule has 0 radical (unpaired) electrons. The number of hydrogen-bond donors (Lipinski definition) is 0. The molecule has 3 aliphatic heterocycles. The van der Waals surface area contributed by atoms with E-state index in [1.54, 1.807) is 0 Å². The molecule has 1 aliphatic carbocycles. The third kappa shape index (κ3) is 9.89. The summed E-state index contributed by atoms with van der Waals surface area (Å²) in [4.78, 5) is 8.09. The van der Waals surface area contributed by atoms with Crippen molar-refractivity contribution in [3.8, 4) is 0 Å². The molecular weight excluding hydrogens is 1030 g/mol. The first-order chi connectivity index (χ1) is 39.7. The van der Waals surface area contributed by atoms with Gasteiger partial charge in [0.15, 0.2) is 0 Å². The van der Waals surface area contributed by atoms with Crippen LogP contribution in [0.5, 0.6) is 0 Å². The lowest BCUT2D eigenvalue weighted by atomic mass is 9.33. The van der Waals surface area contributed by atoms with Crippen LogP contribution in [0.3, 0.4) is 0 Å². The minimum absolute atomic E-state index is 0.00798. The van der Waals surface area contributed by atoms with E-state index < -0.39 is 0 Å². The first-order valence-electron chi connectivity index (χ1n) is 32.1. The second-order valence-electron chi connectivity index (χ2n) is 32.7. The minimum atomic E-state index is -0.168. The Morgan fingerprint density at radius 3 is 1.21 bits per heavy atom. The van der Waals surface area contributed by atoms with E-state index in [2.05, 4.69) is 317 Å². The van der Waals surface area contributed by atoms with Crippen LogP contribution < -0.4 is 31.1 Å². The van der Waals surface area contributed by atoms with E-state index in [-0.39, 0.29) is 56.1 Å². The van der Waals surface area contributed by atoms with Gasteiger partial charge in [0.05, 0.1) is 5.54 Å². The van der Waals surface area contributed by atoms with Gasteiger partial charge >= 0.3 is 0 Å². The van der Waals surface area contributed by atoms with Gasteiger partial charge < -0.3 is 14.7 Å². The molecule has 3 nitrogen and oxygen atoms in total. The standard InChI is InChI=1S/C81H96BN3/c1-74(2,3)55-28-23-52(24-29-55)72(53-25-30-56(31-26-53)75(4,5)6)54-27-43-67-64(47-54)80(19)45-21-22-46-81(80,20)85(67)63-41-42-65-69(51-63)84(62-39-34-58(35-40-62)77(10,11)12)71-50-60(79(16,17)18)49-70-73(71)82(65)66-48-59(78(13,14)15)36-44-68(66)83(70)61-37-32-57(33-38-61)76(7,8)9/h23-44,47-51,72H,21-22,45-46H2,1-20H3. The summed E-state index contributed by atoms with van der Waals surface area (Å²) >= 11 is 0. The van der Waals surface area contributed by atoms with Crippen LogP contribution in [-0.2, 0) is 37.9 Å². The summed E-state index contributed by atoms with van der Waals surface area (Å²) in [5, 5.41) is 0. The molecule has 1 fully saturated rings. The van der Waals surface area contributed by atoms with Crippen molar-refractivity contribution in [2.45, 2.75) is 214 Å². The van der Waals surface area contributed by atoms with Crippen molar-refractivity contribution in [2.24, 2.45) is 0 Å². The molecule has 438 valence electrons. The van der Waals surface area contributed by atoms with Gasteiger partial charge in [0.2, 0.25) is 0 Å². The second-order valence-corrected chi connectivity index (χ2v) is 32.7. The largest absolute Gasteiger partial charge is 0.334 e. The van der Waals surface area contributed by atoms with Gasteiger partial charge in [-0.3, -0.25) is 0 Å². The van der Waals surface area contributed by atoms with E-state index in [1.165, 1.54) is 130 Å². The molecule has 2 atom stereocenters. The smallest absolute Gasteiger partial charge is 0.252 e. The molecule has 2 unspecified atom stereocenters. The Kier molecular flexibility index (Phi) is 13.7. The highest BCUT2D eigenvalue weighted by molar-refractivity contribution is 7.00.